The Morgan fingerprint density at radius 1 is 1.50 bits per heavy atom. The molecule has 1 saturated heterocycles. The van der Waals surface area contributed by atoms with E-state index in [1.165, 1.54) is 5.56 Å². The number of benzene rings is 1. The summed E-state index contributed by atoms with van der Waals surface area (Å²) in [5.41, 5.74) is 7.57. The minimum Gasteiger partial charge on any atom is -0.495 e. The normalized spacial score (nSPS) is 19.2. The van der Waals surface area contributed by atoms with Gasteiger partial charge in [0.1, 0.15) is 5.75 Å². The highest BCUT2D eigenvalue weighted by molar-refractivity contribution is 5.48. The van der Waals surface area contributed by atoms with Crippen LogP contribution in [0.4, 0.5) is 0 Å². The maximum atomic E-state index is 5.56. The Hall–Kier alpha value is -1.54. The second-order valence-corrected chi connectivity index (χ2v) is 4.96. The first-order valence-corrected chi connectivity index (χ1v) is 6.92. The maximum absolute atomic E-state index is 5.56. The summed E-state index contributed by atoms with van der Waals surface area (Å²) in [5, 5.41) is 0. The largest absolute Gasteiger partial charge is 0.495 e. The van der Waals surface area contributed by atoms with E-state index < -0.39 is 0 Å². The minimum absolute atomic E-state index is 0.304. The molecule has 1 atom stereocenters. The van der Waals surface area contributed by atoms with E-state index in [0.717, 1.165) is 37.6 Å². The molecule has 1 aliphatic rings. The van der Waals surface area contributed by atoms with Gasteiger partial charge in [-0.15, -0.1) is 0 Å². The molecule has 2 N–H and O–H groups in total. The Bertz CT molecular complexity index is 505. The van der Waals surface area contributed by atoms with Crippen LogP contribution in [0.15, 0.2) is 18.2 Å². The first kappa shape index (κ1) is 14.9. The first-order valence-electron chi connectivity index (χ1n) is 6.92. The molecular weight excluding hydrogens is 252 g/mol. The zero-order valence-corrected chi connectivity index (χ0v) is 12.2. The molecule has 0 spiro atoms. The molecule has 0 saturated carbocycles. The Kier molecular flexibility index (Phi) is 5.42. The Labute approximate surface area is 120 Å². The molecule has 4 nitrogen and oxygen atoms in total. The van der Waals surface area contributed by atoms with Crippen molar-refractivity contribution in [1.29, 1.82) is 0 Å². The van der Waals surface area contributed by atoms with E-state index in [1.807, 2.05) is 6.07 Å². The van der Waals surface area contributed by atoms with Gasteiger partial charge in [0.05, 0.1) is 31.9 Å². The molecule has 1 heterocycles. The number of ether oxygens (including phenoxy) is 2. The standard InChI is InChI=1S/C16H22N2O2/c1-13-11-18(8-9-20-13)12-14-5-6-16(19-2)15(10-14)4-3-7-17/h5-6,10,13H,7-9,11-12,17H2,1-2H3. The predicted octanol–water partition coefficient (Wildman–Crippen LogP) is 1.23. The van der Waals surface area contributed by atoms with Gasteiger partial charge in [0, 0.05) is 19.6 Å². The lowest BCUT2D eigenvalue weighted by Gasteiger charge is -2.31. The number of morpholine rings is 1. The topological polar surface area (TPSA) is 47.7 Å². The molecule has 1 aromatic rings. The van der Waals surface area contributed by atoms with Crippen molar-refractivity contribution in [1.82, 2.24) is 4.90 Å². The van der Waals surface area contributed by atoms with Gasteiger partial charge in [-0.2, -0.15) is 0 Å². The van der Waals surface area contributed by atoms with Crippen LogP contribution in [0.2, 0.25) is 0 Å². The van der Waals surface area contributed by atoms with Gasteiger partial charge >= 0.3 is 0 Å². The molecule has 0 amide bonds. The highest BCUT2D eigenvalue weighted by Gasteiger charge is 2.16. The number of hydrogen-bond acceptors (Lipinski definition) is 4. The van der Waals surface area contributed by atoms with E-state index in [0.29, 0.717) is 12.6 Å². The third-order valence-electron chi connectivity index (χ3n) is 3.32. The Balaban J connectivity index is 2.11. The van der Waals surface area contributed by atoms with Crippen molar-refractivity contribution in [2.45, 2.75) is 19.6 Å². The van der Waals surface area contributed by atoms with Crippen LogP contribution in [0.25, 0.3) is 0 Å². The fourth-order valence-corrected chi connectivity index (χ4v) is 2.39. The molecule has 1 aromatic carbocycles. The predicted molar refractivity (Wildman–Crippen MR) is 79.6 cm³/mol. The molecule has 0 aliphatic carbocycles. The van der Waals surface area contributed by atoms with Crippen molar-refractivity contribution in [3.8, 4) is 17.6 Å². The molecular formula is C16H22N2O2. The van der Waals surface area contributed by atoms with Crippen LogP contribution in [0, 0.1) is 11.8 Å². The van der Waals surface area contributed by atoms with E-state index >= 15 is 0 Å². The van der Waals surface area contributed by atoms with Gasteiger partial charge in [-0.25, -0.2) is 0 Å². The molecule has 0 radical (unpaired) electrons. The van der Waals surface area contributed by atoms with Gasteiger partial charge in [0.2, 0.25) is 0 Å². The lowest BCUT2D eigenvalue weighted by Crippen LogP contribution is -2.40. The maximum Gasteiger partial charge on any atom is 0.134 e. The second kappa shape index (κ2) is 7.30. The Morgan fingerprint density at radius 3 is 3.05 bits per heavy atom. The van der Waals surface area contributed by atoms with Gasteiger partial charge in [-0.05, 0) is 24.6 Å². The third kappa shape index (κ3) is 3.97. The van der Waals surface area contributed by atoms with E-state index in [1.54, 1.807) is 7.11 Å². The lowest BCUT2D eigenvalue weighted by molar-refractivity contribution is -0.0212. The smallest absolute Gasteiger partial charge is 0.134 e. The van der Waals surface area contributed by atoms with Crippen LogP contribution in [-0.4, -0.2) is 44.4 Å². The quantitative estimate of drug-likeness (QED) is 0.842. The molecule has 1 unspecified atom stereocenters. The van der Waals surface area contributed by atoms with Gasteiger partial charge < -0.3 is 15.2 Å². The number of hydrogen-bond donors (Lipinski definition) is 1. The fourth-order valence-electron chi connectivity index (χ4n) is 2.39. The summed E-state index contributed by atoms with van der Waals surface area (Å²) in [6, 6.07) is 6.15. The Morgan fingerprint density at radius 2 is 2.35 bits per heavy atom. The average molecular weight is 274 g/mol. The molecule has 4 heteroatoms. The van der Waals surface area contributed by atoms with Crippen molar-refractivity contribution in [3.63, 3.8) is 0 Å². The van der Waals surface area contributed by atoms with Crippen molar-refractivity contribution in [2.24, 2.45) is 5.73 Å². The fraction of sp³-hybridized carbons (Fsp3) is 0.500. The summed E-state index contributed by atoms with van der Waals surface area (Å²) in [4.78, 5) is 2.40. The zero-order chi connectivity index (χ0) is 14.4. The molecule has 1 fully saturated rings. The number of methoxy groups -OCH3 is 1. The molecule has 2 rings (SSSR count). The van der Waals surface area contributed by atoms with Gasteiger partial charge in [0.15, 0.2) is 0 Å². The molecule has 20 heavy (non-hydrogen) atoms. The lowest BCUT2D eigenvalue weighted by atomic mass is 10.1. The van der Waals surface area contributed by atoms with E-state index in [9.17, 15) is 0 Å². The van der Waals surface area contributed by atoms with E-state index in [-0.39, 0.29) is 0 Å². The zero-order valence-electron chi connectivity index (χ0n) is 12.2. The van der Waals surface area contributed by atoms with Crippen molar-refractivity contribution >= 4 is 0 Å². The summed E-state index contributed by atoms with van der Waals surface area (Å²) in [5.74, 6) is 6.74. The van der Waals surface area contributed by atoms with Crippen LogP contribution >= 0.6 is 0 Å². The summed E-state index contributed by atoms with van der Waals surface area (Å²) < 4.78 is 10.9. The summed E-state index contributed by atoms with van der Waals surface area (Å²) >= 11 is 0. The van der Waals surface area contributed by atoms with E-state index in [2.05, 4.69) is 35.8 Å². The molecule has 0 aromatic heterocycles. The monoisotopic (exact) mass is 274 g/mol. The van der Waals surface area contributed by atoms with Crippen molar-refractivity contribution < 1.29 is 9.47 Å². The van der Waals surface area contributed by atoms with Crippen LogP contribution in [-0.2, 0) is 11.3 Å². The van der Waals surface area contributed by atoms with Crippen LogP contribution in [0.1, 0.15) is 18.1 Å². The molecule has 1 aliphatic heterocycles. The van der Waals surface area contributed by atoms with Gasteiger partial charge in [0.25, 0.3) is 0 Å². The third-order valence-corrected chi connectivity index (χ3v) is 3.32. The molecule has 108 valence electrons. The SMILES string of the molecule is COc1ccc(CN2CCOC(C)C2)cc1C#CCN. The molecule has 0 bridgehead atoms. The van der Waals surface area contributed by atoms with Gasteiger partial charge in [-0.3, -0.25) is 4.90 Å². The van der Waals surface area contributed by atoms with Gasteiger partial charge in [-0.1, -0.05) is 17.9 Å². The summed E-state index contributed by atoms with van der Waals surface area (Å²) in [6.07, 6.45) is 0.304. The highest BCUT2D eigenvalue weighted by atomic mass is 16.5. The number of rotatable bonds is 3. The van der Waals surface area contributed by atoms with E-state index in [4.69, 9.17) is 15.2 Å². The number of nitrogens with zero attached hydrogens (tertiary/aromatic N) is 1. The van der Waals surface area contributed by atoms with Crippen molar-refractivity contribution in [3.05, 3.63) is 29.3 Å². The van der Waals surface area contributed by atoms with Crippen LogP contribution < -0.4 is 10.5 Å². The van der Waals surface area contributed by atoms with Crippen molar-refractivity contribution in [2.75, 3.05) is 33.4 Å². The average Bonchev–Trinajstić information content (AvgIpc) is 2.45. The first-order chi connectivity index (χ1) is 9.72. The van der Waals surface area contributed by atoms with Crippen LogP contribution in [0.3, 0.4) is 0 Å². The highest BCUT2D eigenvalue weighted by Crippen LogP contribution is 2.20. The second-order valence-electron chi connectivity index (χ2n) is 4.96. The summed E-state index contributed by atoms with van der Waals surface area (Å²) in [6.45, 7) is 6.12. The minimum atomic E-state index is 0.304. The van der Waals surface area contributed by atoms with Crippen LogP contribution in [0.5, 0.6) is 5.75 Å². The number of nitrogens with two attached hydrogens (primary N) is 1. The summed E-state index contributed by atoms with van der Waals surface area (Å²) in [7, 11) is 1.66.